The van der Waals surface area contributed by atoms with Crippen molar-refractivity contribution in [2.45, 2.75) is 50.2 Å². The lowest BCUT2D eigenvalue weighted by Crippen LogP contribution is -2.46. The maximum absolute atomic E-state index is 6.44. The molecule has 6 heteroatoms. The monoisotopic (exact) mass is 365 g/mol. The van der Waals surface area contributed by atoms with E-state index in [9.17, 15) is 0 Å². The van der Waals surface area contributed by atoms with Crippen molar-refractivity contribution in [2.75, 3.05) is 33.0 Å². The highest BCUT2D eigenvalue weighted by molar-refractivity contribution is 6.29. The number of aromatic nitrogens is 1. The second-order valence-electron chi connectivity index (χ2n) is 7.98. The molecular weight excluding hydrogens is 342 g/mol. The van der Waals surface area contributed by atoms with Crippen LogP contribution in [0.5, 0.6) is 5.75 Å². The summed E-state index contributed by atoms with van der Waals surface area (Å²) in [4.78, 5) is 4.61. The predicted octanol–water partition coefficient (Wildman–Crippen LogP) is 3.26. The van der Waals surface area contributed by atoms with Crippen LogP contribution in [-0.4, -0.2) is 44.1 Å². The molecule has 3 fully saturated rings. The molecule has 1 aromatic heterocycles. The van der Waals surface area contributed by atoms with Gasteiger partial charge in [0.15, 0.2) is 0 Å². The largest absolute Gasteiger partial charge is 0.490 e. The Kier molecular flexibility index (Phi) is 3.97. The standard InChI is InChI=1S/C19H24ClNO4/c20-16-9-15(25-13-1-4-18(5-2-13)10-23-11-18)14-3-7-24-19(17(14)21-16)6-8-22-12-19/h9,13H,1-8,10-12H2. The molecule has 4 heterocycles. The van der Waals surface area contributed by atoms with E-state index in [0.717, 1.165) is 55.9 Å². The molecule has 4 aliphatic rings. The molecule has 2 spiro atoms. The van der Waals surface area contributed by atoms with Crippen LogP contribution in [0, 0.1) is 5.41 Å². The van der Waals surface area contributed by atoms with E-state index in [0.29, 0.717) is 30.4 Å². The predicted molar refractivity (Wildman–Crippen MR) is 92.2 cm³/mol. The maximum Gasteiger partial charge on any atom is 0.136 e. The number of ether oxygens (including phenoxy) is 4. The van der Waals surface area contributed by atoms with Crippen LogP contribution in [0.2, 0.25) is 5.15 Å². The van der Waals surface area contributed by atoms with Crippen molar-refractivity contribution >= 4 is 11.6 Å². The van der Waals surface area contributed by atoms with Gasteiger partial charge in [-0.2, -0.15) is 0 Å². The van der Waals surface area contributed by atoms with Gasteiger partial charge in [-0.3, -0.25) is 0 Å². The summed E-state index contributed by atoms with van der Waals surface area (Å²) >= 11 is 6.33. The van der Waals surface area contributed by atoms with Crippen LogP contribution in [-0.2, 0) is 26.2 Å². The fourth-order valence-electron chi connectivity index (χ4n) is 4.69. The molecule has 1 unspecified atom stereocenters. The van der Waals surface area contributed by atoms with Crippen molar-refractivity contribution in [3.8, 4) is 5.75 Å². The Morgan fingerprint density at radius 3 is 2.60 bits per heavy atom. The number of nitrogens with zero attached hydrogens (tertiary/aromatic N) is 1. The first-order valence-electron chi connectivity index (χ1n) is 9.34. The van der Waals surface area contributed by atoms with Crippen molar-refractivity contribution in [2.24, 2.45) is 5.41 Å². The minimum atomic E-state index is -0.434. The summed E-state index contributed by atoms with van der Waals surface area (Å²) in [5.41, 5.74) is 2.09. The van der Waals surface area contributed by atoms with Crippen LogP contribution in [0.15, 0.2) is 6.07 Å². The van der Waals surface area contributed by atoms with Gasteiger partial charge in [-0.05, 0) is 25.7 Å². The zero-order valence-electron chi connectivity index (χ0n) is 14.4. The van der Waals surface area contributed by atoms with Gasteiger partial charge in [-0.25, -0.2) is 4.98 Å². The number of rotatable bonds is 2. The lowest BCUT2D eigenvalue weighted by Gasteiger charge is -2.46. The van der Waals surface area contributed by atoms with Crippen molar-refractivity contribution in [1.29, 1.82) is 0 Å². The molecule has 0 radical (unpaired) electrons. The second-order valence-corrected chi connectivity index (χ2v) is 8.36. The fourth-order valence-corrected chi connectivity index (χ4v) is 4.87. The zero-order valence-corrected chi connectivity index (χ0v) is 15.1. The van der Waals surface area contributed by atoms with E-state index in [1.807, 2.05) is 6.07 Å². The Labute approximate surface area is 152 Å². The summed E-state index contributed by atoms with van der Waals surface area (Å²) in [6, 6.07) is 1.88. The summed E-state index contributed by atoms with van der Waals surface area (Å²) < 4.78 is 23.6. The number of halogens is 1. The molecule has 2 saturated heterocycles. The first-order valence-corrected chi connectivity index (χ1v) is 9.72. The summed E-state index contributed by atoms with van der Waals surface area (Å²) in [6.45, 7) is 3.79. The Balaban J connectivity index is 1.39. The number of fused-ring (bicyclic) bond motifs is 2. The Morgan fingerprint density at radius 2 is 1.92 bits per heavy atom. The Hall–Kier alpha value is -0.880. The van der Waals surface area contributed by atoms with Crippen molar-refractivity contribution in [3.63, 3.8) is 0 Å². The van der Waals surface area contributed by atoms with Gasteiger partial charge in [-0.1, -0.05) is 11.6 Å². The molecular formula is C19H24ClNO4. The highest BCUT2D eigenvalue weighted by atomic mass is 35.5. The fraction of sp³-hybridized carbons (Fsp3) is 0.737. The van der Waals surface area contributed by atoms with Crippen LogP contribution >= 0.6 is 11.6 Å². The average Bonchev–Trinajstić information content (AvgIpc) is 3.05. The molecule has 1 atom stereocenters. The molecule has 5 nitrogen and oxygen atoms in total. The van der Waals surface area contributed by atoms with Gasteiger partial charge < -0.3 is 18.9 Å². The molecule has 1 aliphatic carbocycles. The Bertz CT molecular complexity index is 660. The van der Waals surface area contributed by atoms with E-state index in [1.54, 1.807) is 0 Å². The summed E-state index contributed by atoms with van der Waals surface area (Å²) in [7, 11) is 0. The molecule has 136 valence electrons. The summed E-state index contributed by atoms with van der Waals surface area (Å²) in [5.74, 6) is 0.899. The highest BCUT2D eigenvalue weighted by Gasteiger charge is 2.45. The topological polar surface area (TPSA) is 49.8 Å². The van der Waals surface area contributed by atoms with Crippen molar-refractivity contribution < 1.29 is 18.9 Å². The molecule has 1 aromatic rings. The van der Waals surface area contributed by atoms with Gasteiger partial charge in [-0.15, -0.1) is 0 Å². The van der Waals surface area contributed by atoms with Gasteiger partial charge in [0, 0.05) is 36.5 Å². The normalized spacial score (nSPS) is 31.1. The van der Waals surface area contributed by atoms with Gasteiger partial charge >= 0.3 is 0 Å². The smallest absolute Gasteiger partial charge is 0.136 e. The van der Waals surface area contributed by atoms with Crippen molar-refractivity contribution in [3.05, 3.63) is 22.5 Å². The third-order valence-electron chi connectivity index (χ3n) is 6.30. The Morgan fingerprint density at radius 1 is 1.08 bits per heavy atom. The number of hydrogen-bond donors (Lipinski definition) is 0. The molecule has 0 bridgehead atoms. The highest BCUT2D eigenvalue weighted by Crippen LogP contribution is 2.45. The first-order chi connectivity index (χ1) is 12.2. The minimum absolute atomic E-state index is 0.257. The first kappa shape index (κ1) is 16.3. The number of hydrogen-bond acceptors (Lipinski definition) is 5. The molecule has 1 saturated carbocycles. The van der Waals surface area contributed by atoms with Gasteiger partial charge in [0.05, 0.1) is 38.2 Å². The molecule has 5 rings (SSSR count). The minimum Gasteiger partial charge on any atom is -0.490 e. The van der Waals surface area contributed by atoms with Crippen LogP contribution in [0.3, 0.4) is 0 Å². The average molecular weight is 366 g/mol. The summed E-state index contributed by atoms with van der Waals surface area (Å²) in [5, 5.41) is 0.477. The van der Waals surface area contributed by atoms with E-state index in [1.165, 1.54) is 12.8 Å². The number of pyridine rings is 1. The van der Waals surface area contributed by atoms with Gasteiger partial charge in [0.2, 0.25) is 0 Å². The quantitative estimate of drug-likeness (QED) is 0.753. The second kappa shape index (κ2) is 6.08. The van der Waals surface area contributed by atoms with E-state index < -0.39 is 5.60 Å². The van der Waals surface area contributed by atoms with Gasteiger partial charge in [0.25, 0.3) is 0 Å². The maximum atomic E-state index is 6.44. The van der Waals surface area contributed by atoms with Crippen LogP contribution in [0.25, 0.3) is 0 Å². The van der Waals surface area contributed by atoms with Crippen LogP contribution < -0.4 is 4.74 Å². The third-order valence-corrected chi connectivity index (χ3v) is 6.50. The molecule has 3 aliphatic heterocycles. The summed E-state index contributed by atoms with van der Waals surface area (Å²) in [6.07, 6.45) is 6.47. The van der Waals surface area contributed by atoms with E-state index in [-0.39, 0.29) is 6.10 Å². The van der Waals surface area contributed by atoms with Crippen LogP contribution in [0.1, 0.15) is 43.4 Å². The zero-order chi connectivity index (χ0) is 16.9. The lowest BCUT2D eigenvalue weighted by atomic mass is 9.72. The van der Waals surface area contributed by atoms with Crippen molar-refractivity contribution in [1.82, 2.24) is 4.98 Å². The molecule has 25 heavy (non-hydrogen) atoms. The van der Waals surface area contributed by atoms with Crippen LogP contribution in [0.4, 0.5) is 0 Å². The van der Waals surface area contributed by atoms with E-state index in [4.69, 9.17) is 30.5 Å². The lowest BCUT2D eigenvalue weighted by molar-refractivity contribution is -0.140. The molecule has 0 N–H and O–H groups in total. The van der Waals surface area contributed by atoms with Gasteiger partial charge in [0.1, 0.15) is 16.5 Å². The van der Waals surface area contributed by atoms with E-state index >= 15 is 0 Å². The third kappa shape index (κ3) is 2.76. The SMILES string of the molecule is Clc1cc(OC2CCC3(CC2)COC3)c2c(n1)C1(CCOC1)OCC2. The van der Waals surface area contributed by atoms with E-state index in [2.05, 4.69) is 4.98 Å². The molecule has 0 aromatic carbocycles. The molecule has 0 amide bonds.